The number of pyridine rings is 1. The molecule has 6 heterocycles. The molecule has 12 nitrogen and oxygen atoms in total. The monoisotopic (exact) mass is 676 g/mol. The molecule has 1 aromatic carbocycles. The van der Waals surface area contributed by atoms with Gasteiger partial charge in [0.05, 0.1) is 35.4 Å². The van der Waals surface area contributed by atoms with E-state index in [-0.39, 0.29) is 62.6 Å². The molecule has 7 rings (SSSR count). The van der Waals surface area contributed by atoms with Crippen molar-refractivity contribution in [3.05, 3.63) is 40.7 Å². The molecule has 0 aliphatic carbocycles. The number of aromatic nitrogens is 3. The molecular weight excluding hydrogens is 642 g/mol. The number of carbonyl (C=O) groups excluding carboxylic acids is 2. The van der Waals surface area contributed by atoms with Crippen LogP contribution in [0, 0.1) is 23.0 Å². The SMILES string of the molecule is CC(=O)N1CCN([C@H]2CCN(c3ncc4c5c(c(-c6ncc(F)c7sc(NC(=O)OC(C)(C)C)c(C#N)c67)c(F)c4n3)COC5)C2)CC1. The number of benzene rings is 1. The van der Waals surface area contributed by atoms with E-state index in [9.17, 15) is 14.9 Å². The Morgan fingerprint density at radius 2 is 1.85 bits per heavy atom. The lowest BCUT2D eigenvalue weighted by Crippen LogP contribution is -2.52. The van der Waals surface area contributed by atoms with Gasteiger partial charge < -0.3 is 19.3 Å². The summed E-state index contributed by atoms with van der Waals surface area (Å²) in [7, 11) is 0. The number of nitriles is 1. The van der Waals surface area contributed by atoms with Crippen LogP contribution in [0.25, 0.3) is 32.2 Å². The highest BCUT2D eigenvalue weighted by molar-refractivity contribution is 7.23. The third-order valence-electron chi connectivity index (χ3n) is 9.04. The van der Waals surface area contributed by atoms with Gasteiger partial charge in [0.25, 0.3) is 0 Å². The number of carbonyl (C=O) groups is 2. The van der Waals surface area contributed by atoms with E-state index in [0.717, 1.165) is 37.0 Å². The lowest BCUT2D eigenvalue weighted by atomic mass is 9.94. The smallest absolute Gasteiger partial charge is 0.412 e. The number of ether oxygens (including phenoxy) is 2. The summed E-state index contributed by atoms with van der Waals surface area (Å²) in [6.07, 6.45) is 2.70. The minimum Gasteiger partial charge on any atom is -0.444 e. The summed E-state index contributed by atoms with van der Waals surface area (Å²) in [4.78, 5) is 44.3. The normalized spacial score (nSPS) is 18.4. The summed E-state index contributed by atoms with van der Waals surface area (Å²) >= 11 is 0.855. The molecule has 4 aromatic rings. The molecule has 2 amide bonds. The Labute approximate surface area is 279 Å². The fourth-order valence-electron chi connectivity index (χ4n) is 6.78. The number of fused-ring (bicyclic) bond motifs is 4. The molecular formula is C33H34F2N8O4S. The number of rotatable bonds is 4. The Hall–Kier alpha value is -4.52. The van der Waals surface area contributed by atoms with Crippen molar-refractivity contribution in [3.63, 3.8) is 0 Å². The maximum atomic E-state index is 16.9. The minimum absolute atomic E-state index is 0.0467. The van der Waals surface area contributed by atoms with Gasteiger partial charge in [-0.05, 0) is 38.3 Å². The van der Waals surface area contributed by atoms with Gasteiger partial charge in [-0.15, -0.1) is 11.3 Å². The predicted molar refractivity (Wildman–Crippen MR) is 176 cm³/mol. The van der Waals surface area contributed by atoms with Crippen molar-refractivity contribution in [3.8, 4) is 17.3 Å². The van der Waals surface area contributed by atoms with Crippen LogP contribution in [0.1, 0.15) is 50.8 Å². The summed E-state index contributed by atoms with van der Waals surface area (Å²) < 4.78 is 43.3. The average Bonchev–Trinajstić information content (AvgIpc) is 3.80. The van der Waals surface area contributed by atoms with Gasteiger partial charge in [0.2, 0.25) is 11.9 Å². The van der Waals surface area contributed by atoms with Gasteiger partial charge in [0.15, 0.2) is 11.6 Å². The zero-order valence-electron chi connectivity index (χ0n) is 27.0. The van der Waals surface area contributed by atoms with Gasteiger partial charge in [-0.1, -0.05) is 0 Å². The Kier molecular flexibility index (Phi) is 8.13. The van der Waals surface area contributed by atoms with Gasteiger partial charge >= 0.3 is 6.09 Å². The summed E-state index contributed by atoms with van der Waals surface area (Å²) in [5.74, 6) is -0.906. The van der Waals surface area contributed by atoms with Gasteiger partial charge in [-0.2, -0.15) is 5.26 Å². The molecule has 3 aromatic heterocycles. The highest BCUT2D eigenvalue weighted by Crippen LogP contribution is 2.46. The van der Waals surface area contributed by atoms with Gasteiger partial charge in [-0.25, -0.2) is 23.5 Å². The molecule has 0 spiro atoms. The first kappa shape index (κ1) is 32.0. The quantitative estimate of drug-likeness (QED) is 0.308. The number of anilines is 2. The molecule has 0 bridgehead atoms. The van der Waals surface area contributed by atoms with Crippen LogP contribution in [0.15, 0.2) is 12.4 Å². The lowest BCUT2D eigenvalue weighted by Gasteiger charge is -2.37. The fraction of sp³-hybridized carbons (Fsp3) is 0.455. The number of hydrogen-bond acceptors (Lipinski definition) is 11. The van der Waals surface area contributed by atoms with Crippen LogP contribution in [0.4, 0.5) is 24.5 Å². The number of piperazine rings is 1. The maximum absolute atomic E-state index is 16.9. The molecule has 1 N–H and O–H groups in total. The van der Waals surface area contributed by atoms with E-state index in [1.54, 1.807) is 33.9 Å². The number of nitrogens with zero attached hydrogens (tertiary/aromatic N) is 7. The highest BCUT2D eigenvalue weighted by Gasteiger charge is 2.34. The summed E-state index contributed by atoms with van der Waals surface area (Å²) in [5, 5.41) is 13.4. The second-order valence-electron chi connectivity index (χ2n) is 13.2. The number of nitrogens with one attached hydrogen (secondary N) is 1. The topological polar surface area (TPSA) is 137 Å². The van der Waals surface area contributed by atoms with E-state index < -0.39 is 23.3 Å². The molecule has 0 saturated carbocycles. The second-order valence-corrected chi connectivity index (χ2v) is 14.2. The Bertz CT molecular complexity index is 2020. The van der Waals surface area contributed by atoms with Crippen molar-refractivity contribution in [1.82, 2.24) is 24.8 Å². The molecule has 15 heteroatoms. The number of halogens is 2. The second kappa shape index (κ2) is 12.2. The van der Waals surface area contributed by atoms with Crippen LogP contribution in [-0.2, 0) is 27.5 Å². The summed E-state index contributed by atoms with van der Waals surface area (Å²) in [6, 6.07) is 2.32. The van der Waals surface area contributed by atoms with E-state index in [1.807, 2.05) is 9.80 Å². The molecule has 3 aliphatic rings. The Morgan fingerprint density at radius 1 is 1.10 bits per heavy atom. The van der Waals surface area contributed by atoms with Crippen LogP contribution in [0.2, 0.25) is 0 Å². The first-order valence-electron chi connectivity index (χ1n) is 15.8. The highest BCUT2D eigenvalue weighted by atomic mass is 32.1. The van der Waals surface area contributed by atoms with E-state index in [0.29, 0.717) is 48.6 Å². The van der Waals surface area contributed by atoms with Crippen LogP contribution in [0.5, 0.6) is 0 Å². The lowest BCUT2D eigenvalue weighted by molar-refractivity contribution is -0.130. The van der Waals surface area contributed by atoms with Crippen LogP contribution in [0.3, 0.4) is 0 Å². The van der Waals surface area contributed by atoms with E-state index in [4.69, 9.17) is 14.5 Å². The first-order chi connectivity index (χ1) is 22.9. The van der Waals surface area contributed by atoms with Crippen molar-refractivity contribution >= 4 is 55.3 Å². The van der Waals surface area contributed by atoms with Crippen molar-refractivity contribution in [2.24, 2.45) is 0 Å². The van der Waals surface area contributed by atoms with Crippen molar-refractivity contribution in [2.45, 2.75) is 59.0 Å². The summed E-state index contributed by atoms with van der Waals surface area (Å²) in [5.41, 5.74) is 0.593. The van der Waals surface area contributed by atoms with E-state index in [1.165, 1.54) is 0 Å². The fourth-order valence-corrected chi connectivity index (χ4v) is 7.82. The van der Waals surface area contributed by atoms with Crippen molar-refractivity contribution < 1.29 is 27.8 Å². The van der Waals surface area contributed by atoms with Crippen molar-refractivity contribution in [1.29, 1.82) is 5.26 Å². The molecule has 1 atom stereocenters. The Morgan fingerprint density at radius 3 is 2.56 bits per heavy atom. The molecule has 0 radical (unpaired) electrons. The van der Waals surface area contributed by atoms with E-state index in [2.05, 4.69) is 26.3 Å². The van der Waals surface area contributed by atoms with Gasteiger partial charge in [-0.3, -0.25) is 20.0 Å². The Balaban J connectivity index is 1.27. The first-order valence-corrected chi connectivity index (χ1v) is 16.6. The predicted octanol–water partition coefficient (Wildman–Crippen LogP) is 5.18. The zero-order chi connectivity index (χ0) is 33.9. The molecule has 3 aliphatic heterocycles. The number of hydrogen-bond donors (Lipinski definition) is 1. The average molecular weight is 677 g/mol. The van der Waals surface area contributed by atoms with Crippen LogP contribution < -0.4 is 10.2 Å². The minimum atomic E-state index is -0.807. The molecule has 250 valence electrons. The third kappa shape index (κ3) is 5.67. The standard InChI is InChI=1S/C33H34F2N8O4S/c1-17(44)41-7-9-42(10-8-41)18-5-6-43(14-18)31-38-12-20-21-15-46-16-22(21)24(26(35)27(20)39-31)28-25-19(11-36)30(40-32(45)47-33(2,3)4)48-29(25)23(34)13-37-28/h12-13,18H,5-10,14-16H2,1-4H3,(H,40,45)/t18-/m0/s1. The third-order valence-corrected chi connectivity index (χ3v) is 10.2. The van der Waals surface area contributed by atoms with Gasteiger partial charge in [0.1, 0.15) is 22.2 Å². The van der Waals surface area contributed by atoms with E-state index >= 15 is 8.78 Å². The molecule has 2 saturated heterocycles. The number of amides is 2. The van der Waals surface area contributed by atoms with Crippen LogP contribution >= 0.6 is 11.3 Å². The largest absolute Gasteiger partial charge is 0.444 e. The zero-order valence-corrected chi connectivity index (χ0v) is 27.8. The molecule has 48 heavy (non-hydrogen) atoms. The van der Waals surface area contributed by atoms with Crippen LogP contribution in [-0.4, -0.2) is 87.7 Å². The number of thiophene rings is 1. The molecule has 0 unspecified atom stereocenters. The maximum Gasteiger partial charge on any atom is 0.412 e. The molecule has 2 fully saturated rings. The van der Waals surface area contributed by atoms with Crippen molar-refractivity contribution in [2.75, 3.05) is 49.5 Å². The van der Waals surface area contributed by atoms with Gasteiger partial charge in [0, 0.05) is 74.8 Å². The summed E-state index contributed by atoms with van der Waals surface area (Å²) in [6.45, 7) is 11.3.